The Bertz CT molecular complexity index is 450. The van der Waals surface area contributed by atoms with Gasteiger partial charge in [0.15, 0.2) is 5.71 Å². The van der Waals surface area contributed by atoms with Crippen molar-refractivity contribution in [2.75, 3.05) is 19.0 Å². The van der Waals surface area contributed by atoms with E-state index in [4.69, 9.17) is 6.42 Å². The van der Waals surface area contributed by atoms with Crippen molar-refractivity contribution in [3.05, 3.63) is 24.3 Å². The Morgan fingerprint density at radius 3 is 2.12 bits per heavy atom. The molecule has 0 heterocycles. The molecule has 0 aliphatic rings. The predicted molar refractivity (Wildman–Crippen MR) is 62.8 cm³/mol. The summed E-state index contributed by atoms with van der Waals surface area (Å²) in [6.45, 7) is 0. The summed E-state index contributed by atoms with van der Waals surface area (Å²) >= 11 is 0. The van der Waals surface area contributed by atoms with E-state index in [-0.39, 0.29) is 5.69 Å². The first-order valence-electron chi connectivity index (χ1n) is 4.74. The van der Waals surface area contributed by atoms with Gasteiger partial charge in [-0.05, 0) is 30.2 Å². The number of aliphatic imine (C=N–C) groups is 1. The van der Waals surface area contributed by atoms with Crippen LogP contribution >= 0.6 is 0 Å². The Morgan fingerprint density at radius 2 is 1.76 bits per heavy atom. The van der Waals surface area contributed by atoms with Crippen molar-refractivity contribution in [1.29, 1.82) is 0 Å². The van der Waals surface area contributed by atoms with Crippen LogP contribution in [-0.2, 0) is 0 Å². The normalized spacial score (nSPS) is 12.1. The second-order valence-corrected chi connectivity index (χ2v) is 3.51. The summed E-state index contributed by atoms with van der Waals surface area (Å²) in [4.78, 5) is 5.22. The molecule has 1 aromatic rings. The maximum atomic E-state index is 12.3. The highest BCUT2D eigenvalue weighted by Crippen LogP contribution is 2.23. The first kappa shape index (κ1) is 13.1. The zero-order chi connectivity index (χ0) is 13.1. The van der Waals surface area contributed by atoms with Crippen LogP contribution in [0.15, 0.2) is 29.3 Å². The van der Waals surface area contributed by atoms with E-state index in [1.807, 2.05) is 19.0 Å². The molecule has 0 amide bonds. The Hall–Kier alpha value is -1.96. The van der Waals surface area contributed by atoms with Gasteiger partial charge in [0.1, 0.15) is 0 Å². The Morgan fingerprint density at radius 1 is 1.24 bits per heavy atom. The van der Waals surface area contributed by atoms with Crippen molar-refractivity contribution in [1.82, 2.24) is 0 Å². The lowest BCUT2D eigenvalue weighted by molar-refractivity contribution is -0.0571. The largest absolute Gasteiger partial charge is 0.441 e. The molecule has 90 valence electrons. The molecule has 2 nitrogen and oxygen atoms in total. The fourth-order valence-electron chi connectivity index (χ4n) is 1.13. The van der Waals surface area contributed by atoms with Crippen LogP contribution in [0.3, 0.4) is 0 Å². The molecular formula is C12H11F3N2. The first-order chi connectivity index (χ1) is 7.84. The molecule has 17 heavy (non-hydrogen) atoms. The zero-order valence-electron chi connectivity index (χ0n) is 9.42. The van der Waals surface area contributed by atoms with E-state index in [0.717, 1.165) is 5.69 Å². The lowest BCUT2D eigenvalue weighted by Gasteiger charge is -2.12. The van der Waals surface area contributed by atoms with Crippen LogP contribution in [0.25, 0.3) is 0 Å². The van der Waals surface area contributed by atoms with Gasteiger partial charge in [0.05, 0.1) is 5.69 Å². The highest BCUT2D eigenvalue weighted by atomic mass is 19.4. The van der Waals surface area contributed by atoms with Crippen molar-refractivity contribution in [3.8, 4) is 12.3 Å². The third kappa shape index (κ3) is 3.52. The highest BCUT2D eigenvalue weighted by Gasteiger charge is 2.34. The Balaban J connectivity index is 3.03. The molecule has 0 aromatic heterocycles. The highest BCUT2D eigenvalue weighted by molar-refractivity contribution is 6.05. The monoisotopic (exact) mass is 240 g/mol. The lowest BCUT2D eigenvalue weighted by Crippen LogP contribution is -2.20. The average Bonchev–Trinajstić information content (AvgIpc) is 2.24. The molecule has 0 radical (unpaired) electrons. The number of alkyl halides is 3. The standard InChI is InChI=1S/C12H11F3N2/c1-4-11(12(13,14)15)16-9-5-7-10(8-6-9)17(2)3/h1,5-8H,2-3H3. The summed E-state index contributed by atoms with van der Waals surface area (Å²) in [7, 11) is 3.67. The second-order valence-electron chi connectivity index (χ2n) is 3.51. The summed E-state index contributed by atoms with van der Waals surface area (Å²) in [6, 6.07) is 6.31. The van der Waals surface area contributed by atoms with Crippen LogP contribution in [0, 0.1) is 12.3 Å². The third-order valence-electron chi connectivity index (χ3n) is 2.01. The van der Waals surface area contributed by atoms with Gasteiger partial charge in [0, 0.05) is 19.8 Å². The van der Waals surface area contributed by atoms with Crippen molar-refractivity contribution in [2.45, 2.75) is 6.18 Å². The second kappa shape index (κ2) is 4.91. The maximum Gasteiger partial charge on any atom is 0.441 e. The number of nitrogens with zero attached hydrogens (tertiary/aromatic N) is 2. The Labute approximate surface area is 97.8 Å². The van der Waals surface area contributed by atoms with Crippen LogP contribution < -0.4 is 4.90 Å². The Kier molecular flexibility index (Phi) is 3.79. The molecular weight excluding hydrogens is 229 g/mol. The topological polar surface area (TPSA) is 15.6 Å². The molecule has 0 saturated carbocycles. The molecule has 0 saturated heterocycles. The van der Waals surface area contributed by atoms with Crippen molar-refractivity contribution in [2.24, 2.45) is 4.99 Å². The van der Waals surface area contributed by atoms with Crippen LogP contribution in [0.4, 0.5) is 24.5 Å². The van der Waals surface area contributed by atoms with E-state index in [0.29, 0.717) is 0 Å². The summed E-state index contributed by atoms with van der Waals surface area (Å²) in [5.74, 6) is 1.54. The number of benzene rings is 1. The summed E-state index contributed by atoms with van der Waals surface area (Å²) in [5.41, 5.74) is -0.172. The molecule has 0 aliphatic carbocycles. The van der Waals surface area contributed by atoms with E-state index in [9.17, 15) is 13.2 Å². The molecule has 1 rings (SSSR count). The van der Waals surface area contributed by atoms with E-state index < -0.39 is 11.9 Å². The fraction of sp³-hybridized carbons (Fsp3) is 0.250. The minimum atomic E-state index is -4.59. The number of terminal acetylenes is 1. The molecule has 0 bridgehead atoms. The van der Waals surface area contributed by atoms with Crippen LogP contribution in [0.1, 0.15) is 0 Å². The van der Waals surface area contributed by atoms with Crippen molar-refractivity contribution < 1.29 is 13.2 Å². The van der Waals surface area contributed by atoms with Gasteiger partial charge in [-0.15, -0.1) is 6.42 Å². The number of rotatable bonds is 2. The van der Waals surface area contributed by atoms with Crippen LogP contribution in [0.2, 0.25) is 0 Å². The molecule has 0 spiro atoms. The van der Waals surface area contributed by atoms with E-state index >= 15 is 0 Å². The number of hydrogen-bond donors (Lipinski definition) is 0. The molecule has 1 aromatic carbocycles. The molecule has 0 aliphatic heterocycles. The average molecular weight is 240 g/mol. The minimum Gasteiger partial charge on any atom is -0.378 e. The van der Waals surface area contributed by atoms with Gasteiger partial charge < -0.3 is 4.90 Å². The quantitative estimate of drug-likeness (QED) is 0.573. The van der Waals surface area contributed by atoms with Crippen LogP contribution in [-0.4, -0.2) is 26.0 Å². The first-order valence-corrected chi connectivity index (χ1v) is 4.74. The summed E-state index contributed by atoms with van der Waals surface area (Å²) in [6.07, 6.45) is 0.188. The number of anilines is 1. The van der Waals surface area contributed by atoms with Crippen molar-refractivity contribution >= 4 is 17.1 Å². The van der Waals surface area contributed by atoms with Crippen LogP contribution in [0.5, 0.6) is 0 Å². The summed E-state index contributed by atoms with van der Waals surface area (Å²) < 4.78 is 37.0. The van der Waals surface area contributed by atoms with Gasteiger partial charge >= 0.3 is 6.18 Å². The summed E-state index contributed by atoms with van der Waals surface area (Å²) in [5, 5.41) is 0. The molecule has 0 atom stereocenters. The maximum absolute atomic E-state index is 12.3. The predicted octanol–water partition coefficient (Wildman–Crippen LogP) is 3.02. The molecule has 0 N–H and O–H groups in total. The van der Waals surface area contributed by atoms with Gasteiger partial charge in [0.25, 0.3) is 0 Å². The number of hydrogen-bond acceptors (Lipinski definition) is 2. The molecule has 0 fully saturated rings. The van der Waals surface area contributed by atoms with Gasteiger partial charge in [-0.25, -0.2) is 4.99 Å². The lowest BCUT2D eigenvalue weighted by atomic mass is 10.2. The van der Waals surface area contributed by atoms with Gasteiger partial charge in [-0.1, -0.05) is 0 Å². The SMILES string of the molecule is C#CC(=Nc1ccc(N(C)C)cc1)C(F)(F)F. The molecule has 5 heteroatoms. The third-order valence-corrected chi connectivity index (χ3v) is 2.01. The van der Waals surface area contributed by atoms with Gasteiger partial charge in [-0.2, -0.15) is 13.2 Å². The minimum absolute atomic E-state index is 0.181. The zero-order valence-corrected chi connectivity index (χ0v) is 9.42. The van der Waals surface area contributed by atoms with E-state index in [1.54, 1.807) is 18.1 Å². The fourth-order valence-corrected chi connectivity index (χ4v) is 1.13. The van der Waals surface area contributed by atoms with Gasteiger partial charge in [0.2, 0.25) is 0 Å². The molecule has 0 unspecified atom stereocenters. The number of halogens is 3. The van der Waals surface area contributed by atoms with Crippen molar-refractivity contribution in [3.63, 3.8) is 0 Å². The smallest absolute Gasteiger partial charge is 0.378 e. The van der Waals surface area contributed by atoms with E-state index in [2.05, 4.69) is 4.99 Å². The van der Waals surface area contributed by atoms with E-state index in [1.165, 1.54) is 12.1 Å². The van der Waals surface area contributed by atoms with Gasteiger partial charge in [-0.3, -0.25) is 0 Å².